The van der Waals surface area contributed by atoms with Gasteiger partial charge in [-0.25, -0.2) is 0 Å². The fraction of sp³-hybridized carbons (Fsp3) is 0.0952. The number of benzene rings is 3. The Morgan fingerprint density at radius 2 is 1.58 bits per heavy atom. The van der Waals surface area contributed by atoms with Crippen molar-refractivity contribution < 1.29 is 4.57 Å². The van der Waals surface area contributed by atoms with E-state index in [1.807, 2.05) is 22.7 Å². The van der Waals surface area contributed by atoms with Crippen molar-refractivity contribution in [3.8, 4) is 10.6 Å². The third-order valence-electron chi connectivity index (χ3n) is 4.73. The van der Waals surface area contributed by atoms with Gasteiger partial charge in [-0.1, -0.05) is 59.9 Å². The monoisotopic (exact) mass is 346 g/mol. The number of nitrogens with zero attached hydrogens (tertiary/aromatic N) is 1. The SMILES string of the molecule is Cc1ccccc1-c1sc2sc3c4ccccc4ccc3c2[n+]1C. The first-order valence-electron chi connectivity index (χ1n) is 8.03. The van der Waals surface area contributed by atoms with Gasteiger partial charge in [0.15, 0.2) is 4.01 Å². The molecule has 0 aliphatic heterocycles. The lowest BCUT2D eigenvalue weighted by molar-refractivity contribution is -0.628. The molecule has 2 heterocycles. The molecule has 1 nitrogen and oxygen atoms in total. The second-order valence-electron chi connectivity index (χ2n) is 6.18. The summed E-state index contributed by atoms with van der Waals surface area (Å²) in [5, 5.41) is 5.39. The Morgan fingerprint density at radius 1 is 0.792 bits per heavy atom. The Labute approximate surface area is 148 Å². The van der Waals surface area contributed by atoms with E-state index in [4.69, 9.17) is 0 Å². The second kappa shape index (κ2) is 5.13. The molecule has 0 spiro atoms. The Balaban J connectivity index is 1.88. The lowest BCUT2D eigenvalue weighted by atomic mass is 10.1. The van der Waals surface area contributed by atoms with E-state index in [1.54, 1.807) is 0 Å². The zero-order valence-electron chi connectivity index (χ0n) is 13.5. The van der Waals surface area contributed by atoms with Crippen molar-refractivity contribution in [2.45, 2.75) is 6.92 Å². The van der Waals surface area contributed by atoms with Crippen LogP contribution in [0.4, 0.5) is 0 Å². The zero-order chi connectivity index (χ0) is 16.3. The Kier molecular flexibility index (Phi) is 3.02. The zero-order valence-corrected chi connectivity index (χ0v) is 15.2. The van der Waals surface area contributed by atoms with Gasteiger partial charge >= 0.3 is 0 Å². The number of thiophene rings is 1. The molecule has 24 heavy (non-hydrogen) atoms. The van der Waals surface area contributed by atoms with E-state index >= 15 is 0 Å². The Hall–Kier alpha value is -2.23. The van der Waals surface area contributed by atoms with Crippen molar-refractivity contribution in [3.05, 3.63) is 66.2 Å². The third-order valence-corrected chi connectivity index (χ3v) is 7.32. The van der Waals surface area contributed by atoms with Crippen LogP contribution in [0.1, 0.15) is 5.56 Å². The van der Waals surface area contributed by atoms with Crippen LogP contribution in [0.25, 0.3) is 41.0 Å². The molecule has 0 saturated heterocycles. The van der Waals surface area contributed by atoms with Gasteiger partial charge in [0.2, 0.25) is 5.52 Å². The maximum absolute atomic E-state index is 2.37. The molecule has 0 fully saturated rings. The van der Waals surface area contributed by atoms with Gasteiger partial charge in [-0.15, -0.1) is 11.3 Å². The van der Waals surface area contributed by atoms with E-state index in [1.165, 1.54) is 46.5 Å². The quantitative estimate of drug-likeness (QED) is 0.324. The summed E-state index contributed by atoms with van der Waals surface area (Å²) in [5.41, 5.74) is 4.03. The van der Waals surface area contributed by atoms with Crippen LogP contribution < -0.4 is 4.57 Å². The van der Waals surface area contributed by atoms with Crippen molar-refractivity contribution in [3.63, 3.8) is 0 Å². The van der Waals surface area contributed by atoms with Crippen LogP contribution in [0.5, 0.6) is 0 Å². The molecule has 0 N–H and O–H groups in total. The molecule has 3 heteroatoms. The molecule has 0 radical (unpaired) electrons. The largest absolute Gasteiger partial charge is 0.270 e. The summed E-state index contributed by atoms with van der Waals surface area (Å²) in [6.07, 6.45) is 0. The van der Waals surface area contributed by atoms with Crippen LogP contribution in [0, 0.1) is 6.92 Å². The first-order valence-corrected chi connectivity index (χ1v) is 9.66. The molecular formula is C21H16NS2+. The van der Waals surface area contributed by atoms with E-state index in [0.717, 1.165) is 0 Å². The number of hydrogen-bond acceptors (Lipinski definition) is 2. The van der Waals surface area contributed by atoms with Crippen molar-refractivity contribution in [1.82, 2.24) is 0 Å². The minimum atomic E-state index is 1.32. The smallest absolute Gasteiger partial charge is 0.183 e. The maximum atomic E-state index is 2.37. The van der Waals surface area contributed by atoms with E-state index < -0.39 is 0 Å². The third kappa shape index (κ3) is 1.89. The van der Waals surface area contributed by atoms with E-state index in [9.17, 15) is 0 Å². The van der Waals surface area contributed by atoms with Crippen LogP contribution in [-0.4, -0.2) is 0 Å². The number of hydrogen-bond donors (Lipinski definition) is 0. The first kappa shape index (κ1) is 14.1. The van der Waals surface area contributed by atoms with Gasteiger partial charge in [0.05, 0.1) is 15.6 Å². The molecular weight excluding hydrogens is 330 g/mol. The molecule has 0 atom stereocenters. The highest BCUT2D eigenvalue weighted by molar-refractivity contribution is 7.42. The summed E-state index contributed by atoms with van der Waals surface area (Å²) in [6.45, 7) is 2.19. The summed E-state index contributed by atoms with van der Waals surface area (Å²) in [7, 11) is 2.20. The Bertz CT molecular complexity index is 1230. The predicted octanol–water partition coefficient (Wildman–Crippen LogP) is 6.07. The maximum Gasteiger partial charge on any atom is 0.270 e. The minimum absolute atomic E-state index is 1.32. The van der Waals surface area contributed by atoms with Crippen molar-refractivity contribution in [2.75, 3.05) is 0 Å². The standard InChI is InChI=1S/C21H16NS2/c1-13-7-3-5-9-15(13)20-22(2)18-17-12-11-14-8-4-6-10-16(14)19(17)23-21(18)24-20/h3-12H,1-2H3/q+1. The van der Waals surface area contributed by atoms with Crippen LogP contribution in [-0.2, 0) is 7.05 Å². The molecule has 0 aliphatic carbocycles. The average Bonchev–Trinajstić information content (AvgIpc) is 3.12. The van der Waals surface area contributed by atoms with Crippen LogP contribution >= 0.6 is 22.7 Å². The van der Waals surface area contributed by atoms with Gasteiger partial charge in [0.1, 0.15) is 7.05 Å². The van der Waals surface area contributed by atoms with E-state index in [2.05, 4.69) is 79.2 Å². The highest BCUT2D eigenvalue weighted by atomic mass is 32.2. The van der Waals surface area contributed by atoms with Gasteiger partial charge in [-0.2, -0.15) is 4.57 Å². The molecule has 3 aromatic carbocycles. The van der Waals surface area contributed by atoms with Gasteiger partial charge in [0.25, 0.3) is 5.01 Å². The van der Waals surface area contributed by atoms with Crippen molar-refractivity contribution in [2.24, 2.45) is 7.05 Å². The highest BCUT2D eigenvalue weighted by Crippen LogP contribution is 2.42. The summed E-state index contributed by atoms with van der Waals surface area (Å²) in [4.78, 5) is 0. The molecule has 0 unspecified atom stereocenters. The van der Waals surface area contributed by atoms with Crippen molar-refractivity contribution >= 4 is 53.1 Å². The van der Waals surface area contributed by atoms with Gasteiger partial charge in [0, 0.05) is 0 Å². The molecule has 0 aliphatic rings. The molecule has 5 aromatic rings. The molecule has 116 valence electrons. The number of aryl methyl sites for hydroxylation is 2. The van der Waals surface area contributed by atoms with Crippen LogP contribution in [0.3, 0.4) is 0 Å². The summed E-state index contributed by atoms with van der Waals surface area (Å²) >= 11 is 3.83. The van der Waals surface area contributed by atoms with Gasteiger partial charge in [-0.3, -0.25) is 0 Å². The number of aromatic nitrogens is 1. The predicted molar refractivity (Wildman–Crippen MR) is 106 cm³/mol. The lowest BCUT2D eigenvalue weighted by Crippen LogP contribution is -2.28. The number of fused-ring (bicyclic) bond motifs is 5. The van der Waals surface area contributed by atoms with Gasteiger partial charge < -0.3 is 0 Å². The highest BCUT2D eigenvalue weighted by Gasteiger charge is 2.25. The van der Waals surface area contributed by atoms with Crippen molar-refractivity contribution in [1.29, 1.82) is 0 Å². The minimum Gasteiger partial charge on any atom is -0.183 e. The number of rotatable bonds is 1. The average molecular weight is 347 g/mol. The van der Waals surface area contributed by atoms with E-state index in [0.29, 0.717) is 0 Å². The number of thiazole rings is 1. The second-order valence-corrected chi connectivity index (χ2v) is 8.46. The molecule has 0 saturated carbocycles. The first-order chi connectivity index (χ1) is 11.7. The summed E-state index contributed by atoms with van der Waals surface area (Å²) in [5.74, 6) is 0. The topological polar surface area (TPSA) is 3.88 Å². The summed E-state index contributed by atoms with van der Waals surface area (Å²) < 4.78 is 5.18. The Morgan fingerprint density at radius 3 is 2.46 bits per heavy atom. The lowest BCUT2D eigenvalue weighted by Gasteiger charge is -2.00. The van der Waals surface area contributed by atoms with Gasteiger partial charge in [-0.05, 0) is 35.4 Å². The normalized spacial score (nSPS) is 11.8. The van der Waals surface area contributed by atoms with Crippen LogP contribution in [0.2, 0.25) is 0 Å². The molecule has 0 bridgehead atoms. The van der Waals surface area contributed by atoms with Crippen LogP contribution in [0.15, 0.2) is 60.7 Å². The molecule has 5 rings (SSSR count). The molecule has 0 amide bonds. The summed E-state index contributed by atoms with van der Waals surface area (Å²) in [6, 6.07) is 21.9. The van der Waals surface area contributed by atoms with E-state index in [-0.39, 0.29) is 0 Å². The molecule has 2 aromatic heterocycles. The fourth-order valence-corrected chi connectivity index (χ4v) is 6.32. The fourth-order valence-electron chi connectivity index (χ4n) is 3.48.